The van der Waals surface area contributed by atoms with Crippen molar-refractivity contribution in [3.8, 4) is 0 Å². The van der Waals surface area contributed by atoms with Crippen LogP contribution in [0, 0.1) is 0 Å². The van der Waals surface area contributed by atoms with E-state index in [1.165, 1.54) is 9.80 Å². The molecule has 9 nitrogen and oxygen atoms in total. The molecule has 0 aromatic heterocycles. The highest BCUT2D eigenvalue weighted by atomic mass is 16.5. The SMILES string of the molecule is O=C(O)N1CCN(C(=O)O)[C@@H](CN2C3COCC2CC(O)C3)C1. The summed E-state index contributed by atoms with van der Waals surface area (Å²) in [5.74, 6) is 0. The lowest BCUT2D eigenvalue weighted by atomic mass is 9.91. The molecule has 0 radical (unpaired) electrons. The van der Waals surface area contributed by atoms with Crippen LogP contribution in [-0.4, -0.2) is 106 Å². The highest BCUT2D eigenvalue weighted by molar-refractivity contribution is 5.68. The molecule has 130 valence electrons. The van der Waals surface area contributed by atoms with Gasteiger partial charge in [0.05, 0.1) is 25.4 Å². The maximum Gasteiger partial charge on any atom is 0.407 e. The molecule has 3 fully saturated rings. The van der Waals surface area contributed by atoms with E-state index >= 15 is 0 Å². The topological polar surface area (TPSA) is 114 Å². The average Bonchev–Trinajstić information content (AvgIpc) is 2.47. The van der Waals surface area contributed by atoms with Gasteiger partial charge in [0.2, 0.25) is 0 Å². The van der Waals surface area contributed by atoms with Crippen LogP contribution in [0.4, 0.5) is 9.59 Å². The quantitative estimate of drug-likeness (QED) is 0.629. The second-order valence-electron chi connectivity index (χ2n) is 6.53. The van der Waals surface area contributed by atoms with Gasteiger partial charge in [0.15, 0.2) is 0 Å². The minimum absolute atomic E-state index is 0.0633. The summed E-state index contributed by atoms with van der Waals surface area (Å²) in [5, 5.41) is 28.5. The van der Waals surface area contributed by atoms with Crippen molar-refractivity contribution in [2.75, 3.05) is 39.4 Å². The van der Waals surface area contributed by atoms with Gasteiger partial charge in [-0.15, -0.1) is 0 Å². The van der Waals surface area contributed by atoms with Crippen LogP contribution in [0.1, 0.15) is 12.8 Å². The number of rotatable bonds is 2. The Morgan fingerprint density at radius 1 is 1.04 bits per heavy atom. The Balaban J connectivity index is 1.72. The molecular formula is C14H23N3O6. The number of piperazine rings is 1. The highest BCUT2D eigenvalue weighted by Crippen LogP contribution is 2.29. The van der Waals surface area contributed by atoms with Crippen LogP contribution in [0.5, 0.6) is 0 Å². The van der Waals surface area contributed by atoms with Crippen molar-refractivity contribution in [1.82, 2.24) is 14.7 Å². The minimum atomic E-state index is -1.02. The molecule has 2 amide bonds. The van der Waals surface area contributed by atoms with E-state index in [0.717, 1.165) is 0 Å². The number of piperidine rings is 1. The second kappa shape index (κ2) is 6.50. The molecule has 0 aliphatic carbocycles. The number of carbonyl (C=O) groups is 2. The summed E-state index contributed by atoms with van der Waals surface area (Å²) in [7, 11) is 0. The van der Waals surface area contributed by atoms with Crippen molar-refractivity contribution in [2.45, 2.75) is 37.1 Å². The highest BCUT2D eigenvalue weighted by Gasteiger charge is 2.42. The van der Waals surface area contributed by atoms with Crippen LogP contribution >= 0.6 is 0 Å². The van der Waals surface area contributed by atoms with Crippen LogP contribution in [0.15, 0.2) is 0 Å². The summed E-state index contributed by atoms with van der Waals surface area (Å²) in [5.41, 5.74) is 0. The summed E-state index contributed by atoms with van der Waals surface area (Å²) in [6, 6.07) is -0.266. The Bertz CT molecular complexity index is 461. The van der Waals surface area contributed by atoms with Crippen LogP contribution in [-0.2, 0) is 4.74 Å². The molecule has 3 N–H and O–H groups in total. The van der Waals surface area contributed by atoms with E-state index in [4.69, 9.17) is 4.74 Å². The summed E-state index contributed by atoms with van der Waals surface area (Å²) >= 11 is 0. The molecule has 3 rings (SSSR count). The number of aliphatic hydroxyl groups is 1. The van der Waals surface area contributed by atoms with E-state index in [1.54, 1.807) is 0 Å². The lowest BCUT2D eigenvalue weighted by Gasteiger charge is -2.50. The molecule has 9 heteroatoms. The molecule has 2 bridgehead atoms. The van der Waals surface area contributed by atoms with E-state index in [1.807, 2.05) is 0 Å². The van der Waals surface area contributed by atoms with E-state index in [2.05, 4.69) is 4.90 Å². The van der Waals surface area contributed by atoms with Gasteiger partial charge in [0.25, 0.3) is 0 Å². The number of amides is 2. The van der Waals surface area contributed by atoms with Gasteiger partial charge in [0.1, 0.15) is 0 Å². The third kappa shape index (κ3) is 3.36. The lowest BCUT2D eigenvalue weighted by molar-refractivity contribution is -0.113. The van der Waals surface area contributed by atoms with Gasteiger partial charge < -0.3 is 29.9 Å². The molecule has 3 heterocycles. The fourth-order valence-corrected chi connectivity index (χ4v) is 3.94. The minimum Gasteiger partial charge on any atom is -0.465 e. The summed E-state index contributed by atoms with van der Waals surface area (Å²) in [6.45, 7) is 2.09. The largest absolute Gasteiger partial charge is 0.465 e. The number of ether oxygens (including phenoxy) is 1. The van der Waals surface area contributed by atoms with Crippen molar-refractivity contribution in [2.24, 2.45) is 0 Å². The monoisotopic (exact) mass is 329 g/mol. The zero-order valence-corrected chi connectivity index (χ0v) is 12.9. The normalized spacial score (nSPS) is 35.2. The van der Waals surface area contributed by atoms with Gasteiger partial charge in [-0.25, -0.2) is 9.59 Å². The molecule has 2 unspecified atom stereocenters. The Labute approximate surface area is 134 Å². The molecular weight excluding hydrogens is 306 g/mol. The number of aliphatic hydroxyl groups excluding tert-OH is 1. The van der Waals surface area contributed by atoms with E-state index in [0.29, 0.717) is 32.6 Å². The number of fused-ring (bicyclic) bond motifs is 2. The van der Waals surface area contributed by atoms with Crippen molar-refractivity contribution >= 4 is 12.2 Å². The fourth-order valence-electron chi connectivity index (χ4n) is 3.94. The van der Waals surface area contributed by atoms with Gasteiger partial charge in [0, 0.05) is 38.3 Å². The summed E-state index contributed by atoms with van der Waals surface area (Å²) < 4.78 is 5.55. The predicted molar refractivity (Wildman–Crippen MR) is 78.5 cm³/mol. The number of hydrogen-bond donors (Lipinski definition) is 3. The van der Waals surface area contributed by atoms with Crippen LogP contribution in [0.3, 0.4) is 0 Å². The number of morpholine rings is 1. The Morgan fingerprint density at radius 3 is 2.26 bits per heavy atom. The standard InChI is InChI=1S/C14H23N3O6/c18-12-3-9-7-23-8-10(4-12)17(9)6-11-5-15(13(19)20)1-2-16(11)14(21)22/h9-12,18H,1-8H2,(H,19,20)(H,21,22)/t9?,10?,11-,12?/m1/s1. The van der Waals surface area contributed by atoms with Crippen molar-refractivity contribution in [1.29, 1.82) is 0 Å². The zero-order valence-electron chi connectivity index (χ0n) is 12.9. The van der Waals surface area contributed by atoms with E-state index in [9.17, 15) is 24.9 Å². The summed E-state index contributed by atoms with van der Waals surface area (Å²) in [4.78, 5) is 27.5. The van der Waals surface area contributed by atoms with Gasteiger partial charge in [-0.05, 0) is 12.8 Å². The molecule has 23 heavy (non-hydrogen) atoms. The smallest absolute Gasteiger partial charge is 0.407 e. The number of nitrogens with zero attached hydrogens (tertiary/aromatic N) is 3. The molecule has 0 aromatic rings. The maximum atomic E-state index is 11.5. The molecule has 3 aliphatic rings. The molecule has 0 saturated carbocycles. The lowest BCUT2D eigenvalue weighted by Crippen LogP contribution is -2.65. The maximum absolute atomic E-state index is 11.5. The summed E-state index contributed by atoms with van der Waals surface area (Å²) in [6.07, 6.45) is -1.16. The first-order chi connectivity index (χ1) is 11.0. The van der Waals surface area contributed by atoms with E-state index in [-0.39, 0.29) is 37.8 Å². The van der Waals surface area contributed by atoms with Crippen LogP contribution in [0.2, 0.25) is 0 Å². The van der Waals surface area contributed by atoms with Gasteiger partial charge >= 0.3 is 12.2 Å². The molecule has 0 spiro atoms. The van der Waals surface area contributed by atoms with Gasteiger partial charge in [-0.3, -0.25) is 4.90 Å². The first-order valence-corrected chi connectivity index (χ1v) is 7.94. The van der Waals surface area contributed by atoms with Crippen molar-refractivity contribution in [3.05, 3.63) is 0 Å². The van der Waals surface area contributed by atoms with Gasteiger partial charge in [-0.1, -0.05) is 0 Å². The average molecular weight is 329 g/mol. The van der Waals surface area contributed by atoms with Crippen LogP contribution < -0.4 is 0 Å². The first-order valence-electron chi connectivity index (χ1n) is 7.94. The molecule has 0 aromatic carbocycles. The Hall–Kier alpha value is -1.58. The number of hydrogen-bond acceptors (Lipinski definition) is 5. The van der Waals surface area contributed by atoms with E-state index < -0.39 is 18.2 Å². The van der Waals surface area contributed by atoms with Crippen molar-refractivity contribution in [3.63, 3.8) is 0 Å². The van der Waals surface area contributed by atoms with Crippen LogP contribution in [0.25, 0.3) is 0 Å². The van der Waals surface area contributed by atoms with Gasteiger partial charge in [-0.2, -0.15) is 0 Å². The molecule has 3 saturated heterocycles. The predicted octanol–water partition coefficient (Wildman–Crippen LogP) is -0.447. The van der Waals surface area contributed by atoms with Crippen molar-refractivity contribution < 1.29 is 29.6 Å². The first kappa shape index (κ1) is 16.3. The third-order valence-corrected chi connectivity index (χ3v) is 5.07. The Kier molecular flexibility index (Phi) is 4.60. The molecule has 3 atom stereocenters. The fraction of sp³-hybridized carbons (Fsp3) is 0.857. The third-order valence-electron chi connectivity index (χ3n) is 5.07. The Morgan fingerprint density at radius 2 is 1.70 bits per heavy atom. The zero-order chi connectivity index (χ0) is 16.6. The molecule has 3 aliphatic heterocycles. The second-order valence-corrected chi connectivity index (χ2v) is 6.53. The number of carboxylic acid groups (broad SMARTS) is 2.